The van der Waals surface area contributed by atoms with Gasteiger partial charge in [-0.3, -0.25) is 4.79 Å². The summed E-state index contributed by atoms with van der Waals surface area (Å²) >= 11 is 5.57. The number of carbonyl (C=O) groups is 2. The zero-order valence-electron chi connectivity index (χ0n) is 10.8. The fourth-order valence-electron chi connectivity index (χ4n) is 2.04. The molecule has 1 atom stereocenters. The van der Waals surface area contributed by atoms with E-state index in [0.29, 0.717) is 31.9 Å². The van der Waals surface area contributed by atoms with Crippen molar-refractivity contribution < 1.29 is 14.3 Å². The summed E-state index contributed by atoms with van der Waals surface area (Å²) in [4.78, 5) is 24.9. The minimum absolute atomic E-state index is 0.00208. The summed E-state index contributed by atoms with van der Waals surface area (Å²) in [5, 5.41) is 2.78. The molecular weight excluding hydrogens is 256 g/mol. The minimum Gasteiger partial charge on any atom is -0.450 e. The number of carbonyl (C=O) groups excluding carboxylic acids is 2. The molecule has 2 amide bonds. The van der Waals surface area contributed by atoms with Crippen LogP contribution in [-0.2, 0) is 9.53 Å². The molecule has 0 saturated carbocycles. The summed E-state index contributed by atoms with van der Waals surface area (Å²) in [6, 6.07) is -0.00208. The zero-order chi connectivity index (χ0) is 13.4. The third-order valence-electron chi connectivity index (χ3n) is 2.90. The van der Waals surface area contributed by atoms with Gasteiger partial charge >= 0.3 is 6.09 Å². The van der Waals surface area contributed by atoms with Gasteiger partial charge in [0.25, 0.3) is 0 Å². The van der Waals surface area contributed by atoms with E-state index in [1.807, 2.05) is 0 Å². The maximum atomic E-state index is 11.8. The average molecular weight is 277 g/mol. The van der Waals surface area contributed by atoms with Gasteiger partial charge in [0.15, 0.2) is 0 Å². The number of piperidine rings is 1. The smallest absolute Gasteiger partial charge is 0.407 e. The number of halogens is 1. The SMILES string of the molecule is CCOC(=O)NC1CCCN(C(=O)CCCCl)C1. The lowest BCUT2D eigenvalue weighted by Gasteiger charge is -2.33. The van der Waals surface area contributed by atoms with Crippen molar-refractivity contribution in [2.45, 2.75) is 38.6 Å². The van der Waals surface area contributed by atoms with Crippen LogP contribution >= 0.6 is 11.6 Å². The number of alkyl halides is 1. The molecule has 1 unspecified atom stereocenters. The third kappa shape index (κ3) is 5.12. The first-order valence-corrected chi connectivity index (χ1v) is 6.97. The summed E-state index contributed by atoms with van der Waals surface area (Å²) in [7, 11) is 0. The van der Waals surface area contributed by atoms with Gasteiger partial charge in [0.05, 0.1) is 6.61 Å². The van der Waals surface area contributed by atoms with Gasteiger partial charge in [-0.2, -0.15) is 0 Å². The highest BCUT2D eigenvalue weighted by atomic mass is 35.5. The Morgan fingerprint density at radius 1 is 1.50 bits per heavy atom. The van der Waals surface area contributed by atoms with Gasteiger partial charge in [-0.25, -0.2) is 4.79 Å². The molecule has 18 heavy (non-hydrogen) atoms. The molecule has 104 valence electrons. The standard InChI is InChI=1S/C12H21ClN2O3/c1-2-18-12(17)14-10-5-4-8-15(9-10)11(16)6-3-7-13/h10H,2-9H2,1H3,(H,14,17). The van der Waals surface area contributed by atoms with Gasteiger partial charge < -0.3 is 15.0 Å². The van der Waals surface area contributed by atoms with Crippen LogP contribution in [0.3, 0.4) is 0 Å². The molecule has 1 rings (SSSR count). The number of nitrogens with zero attached hydrogens (tertiary/aromatic N) is 1. The van der Waals surface area contributed by atoms with Crippen molar-refractivity contribution in [2.75, 3.05) is 25.6 Å². The van der Waals surface area contributed by atoms with Crippen LogP contribution in [0.4, 0.5) is 4.79 Å². The van der Waals surface area contributed by atoms with Crippen LogP contribution in [0.1, 0.15) is 32.6 Å². The fourth-order valence-corrected chi connectivity index (χ4v) is 2.17. The van der Waals surface area contributed by atoms with Gasteiger partial charge in [0.1, 0.15) is 0 Å². The van der Waals surface area contributed by atoms with Crippen LogP contribution in [0.2, 0.25) is 0 Å². The number of likely N-dealkylation sites (tertiary alicyclic amines) is 1. The Balaban J connectivity index is 2.36. The Morgan fingerprint density at radius 2 is 2.28 bits per heavy atom. The second kappa shape index (κ2) is 8.19. The Hall–Kier alpha value is -0.970. The number of amides is 2. The second-order valence-electron chi connectivity index (χ2n) is 4.34. The average Bonchev–Trinajstić information content (AvgIpc) is 2.36. The molecule has 0 aromatic heterocycles. The number of ether oxygens (including phenoxy) is 1. The molecule has 1 N–H and O–H groups in total. The molecule has 1 heterocycles. The van der Waals surface area contributed by atoms with Gasteiger partial charge in [-0.15, -0.1) is 11.6 Å². The van der Waals surface area contributed by atoms with E-state index in [9.17, 15) is 9.59 Å². The second-order valence-corrected chi connectivity index (χ2v) is 4.71. The Bertz CT molecular complexity index is 286. The molecule has 1 fully saturated rings. The van der Waals surface area contributed by atoms with Crippen LogP contribution < -0.4 is 5.32 Å². The lowest BCUT2D eigenvalue weighted by Crippen LogP contribution is -2.49. The molecule has 6 heteroatoms. The van der Waals surface area contributed by atoms with Crippen molar-refractivity contribution >= 4 is 23.6 Å². The molecule has 0 aromatic carbocycles. The first-order valence-electron chi connectivity index (χ1n) is 6.44. The molecule has 5 nitrogen and oxygen atoms in total. The van der Waals surface area contributed by atoms with Crippen molar-refractivity contribution in [1.29, 1.82) is 0 Å². The quantitative estimate of drug-likeness (QED) is 0.778. The van der Waals surface area contributed by atoms with Gasteiger partial charge in [0.2, 0.25) is 5.91 Å². The van der Waals surface area contributed by atoms with E-state index in [4.69, 9.17) is 16.3 Å². The number of hydrogen-bond acceptors (Lipinski definition) is 3. The fraction of sp³-hybridized carbons (Fsp3) is 0.833. The minimum atomic E-state index is -0.405. The molecule has 1 saturated heterocycles. The first-order chi connectivity index (χ1) is 8.67. The van der Waals surface area contributed by atoms with Gasteiger partial charge in [-0.05, 0) is 26.2 Å². The van der Waals surface area contributed by atoms with Crippen molar-refractivity contribution in [1.82, 2.24) is 10.2 Å². The first kappa shape index (κ1) is 15.1. The van der Waals surface area contributed by atoms with E-state index in [1.165, 1.54) is 0 Å². The number of rotatable bonds is 5. The van der Waals surface area contributed by atoms with Crippen LogP contribution in [0, 0.1) is 0 Å². The van der Waals surface area contributed by atoms with Crippen LogP contribution in [0.25, 0.3) is 0 Å². The van der Waals surface area contributed by atoms with Gasteiger partial charge in [0, 0.05) is 31.4 Å². The maximum absolute atomic E-state index is 11.8. The molecule has 0 spiro atoms. The normalized spacial score (nSPS) is 19.4. The molecule has 0 aromatic rings. The highest BCUT2D eigenvalue weighted by molar-refractivity contribution is 6.17. The van der Waals surface area contributed by atoms with Gasteiger partial charge in [-0.1, -0.05) is 0 Å². The zero-order valence-corrected chi connectivity index (χ0v) is 11.5. The molecule has 1 aliphatic rings. The number of nitrogens with one attached hydrogen (secondary N) is 1. The Morgan fingerprint density at radius 3 is 2.94 bits per heavy atom. The van der Waals surface area contributed by atoms with Crippen LogP contribution in [-0.4, -0.2) is 48.5 Å². The Labute approximate surface area is 113 Å². The van der Waals surface area contributed by atoms with Crippen LogP contribution in [0.5, 0.6) is 0 Å². The predicted octanol–water partition coefficient (Wildman–Crippen LogP) is 1.74. The summed E-state index contributed by atoms with van der Waals surface area (Å²) < 4.78 is 4.83. The van der Waals surface area contributed by atoms with Crippen molar-refractivity contribution in [3.05, 3.63) is 0 Å². The lowest BCUT2D eigenvalue weighted by molar-refractivity contribution is -0.132. The molecule has 0 radical (unpaired) electrons. The van der Waals surface area contributed by atoms with Crippen molar-refractivity contribution in [3.63, 3.8) is 0 Å². The number of hydrogen-bond donors (Lipinski definition) is 1. The summed E-state index contributed by atoms with van der Waals surface area (Å²) in [5.41, 5.74) is 0. The van der Waals surface area contributed by atoms with E-state index in [1.54, 1.807) is 11.8 Å². The summed E-state index contributed by atoms with van der Waals surface area (Å²) in [5.74, 6) is 0.621. The predicted molar refractivity (Wildman–Crippen MR) is 69.7 cm³/mol. The largest absolute Gasteiger partial charge is 0.450 e. The van der Waals surface area contributed by atoms with E-state index in [-0.39, 0.29) is 11.9 Å². The number of alkyl carbamates (subject to hydrolysis) is 1. The van der Waals surface area contributed by atoms with E-state index in [2.05, 4.69) is 5.32 Å². The third-order valence-corrected chi connectivity index (χ3v) is 3.16. The van der Waals surface area contributed by atoms with E-state index in [0.717, 1.165) is 19.4 Å². The molecular formula is C12H21ClN2O3. The van der Waals surface area contributed by atoms with E-state index < -0.39 is 6.09 Å². The van der Waals surface area contributed by atoms with Crippen molar-refractivity contribution in [2.24, 2.45) is 0 Å². The Kier molecular flexibility index (Phi) is 6.86. The summed E-state index contributed by atoms with van der Waals surface area (Å²) in [6.45, 7) is 3.46. The summed E-state index contributed by atoms with van der Waals surface area (Å²) in [6.07, 6.45) is 2.57. The monoisotopic (exact) mass is 276 g/mol. The van der Waals surface area contributed by atoms with Crippen LogP contribution in [0.15, 0.2) is 0 Å². The highest BCUT2D eigenvalue weighted by Gasteiger charge is 2.24. The maximum Gasteiger partial charge on any atom is 0.407 e. The molecule has 0 bridgehead atoms. The van der Waals surface area contributed by atoms with E-state index >= 15 is 0 Å². The topological polar surface area (TPSA) is 58.6 Å². The van der Waals surface area contributed by atoms with Crippen molar-refractivity contribution in [3.8, 4) is 0 Å². The lowest BCUT2D eigenvalue weighted by atomic mass is 10.1. The molecule has 1 aliphatic heterocycles. The molecule has 0 aliphatic carbocycles. The highest BCUT2D eigenvalue weighted by Crippen LogP contribution is 2.12.